The van der Waals surface area contributed by atoms with Gasteiger partial charge in [0.05, 0.1) is 6.54 Å². The van der Waals surface area contributed by atoms with Crippen LogP contribution in [0.4, 0.5) is 5.82 Å². The summed E-state index contributed by atoms with van der Waals surface area (Å²) in [7, 11) is 5.20. The number of aromatic nitrogens is 1. The lowest BCUT2D eigenvalue weighted by Crippen LogP contribution is -2.34. The second-order valence-corrected chi connectivity index (χ2v) is 3.71. The van der Waals surface area contributed by atoms with E-state index in [1.54, 1.807) is 38.2 Å². The minimum Gasteiger partial charge on any atom is -0.350 e. The molecule has 0 spiro atoms. The number of anilines is 1. The predicted octanol–water partition coefficient (Wildman–Crippen LogP) is 0.418. The van der Waals surface area contributed by atoms with Crippen LogP contribution in [0.15, 0.2) is 18.3 Å². The topological polar surface area (TPSA) is 53.5 Å². The maximum atomic E-state index is 11.4. The monoisotopic (exact) mass is 221 g/mol. The van der Waals surface area contributed by atoms with Crippen molar-refractivity contribution >= 4 is 18.0 Å². The Labute approximate surface area is 94.7 Å². The van der Waals surface area contributed by atoms with E-state index >= 15 is 0 Å². The number of carbonyl (C=O) groups excluding carboxylic acids is 2. The molecule has 0 aromatic carbocycles. The Hall–Kier alpha value is -1.91. The van der Waals surface area contributed by atoms with Gasteiger partial charge in [0.25, 0.3) is 0 Å². The SMILES string of the molecule is CN(C)C(=O)CN(C)c1ccc(C=O)cn1. The summed E-state index contributed by atoms with van der Waals surface area (Å²) in [5, 5.41) is 0. The first-order chi connectivity index (χ1) is 7.54. The first-order valence-electron chi connectivity index (χ1n) is 4.87. The summed E-state index contributed by atoms with van der Waals surface area (Å²) in [5.41, 5.74) is 0.524. The van der Waals surface area contributed by atoms with Crippen molar-refractivity contribution in [1.82, 2.24) is 9.88 Å². The maximum absolute atomic E-state index is 11.4. The van der Waals surface area contributed by atoms with E-state index in [4.69, 9.17) is 0 Å². The first-order valence-corrected chi connectivity index (χ1v) is 4.87. The van der Waals surface area contributed by atoms with Gasteiger partial charge in [-0.05, 0) is 12.1 Å². The van der Waals surface area contributed by atoms with Crippen LogP contribution in [-0.2, 0) is 4.79 Å². The van der Waals surface area contributed by atoms with E-state index in [9.17, 15) is 9.59 Å². The van der Waals surface area contributed by atoms with E-state index in [-0.39, 0.29) is 12.5 Å². The van der Waals surface area contributed by atoms with Gasteiger partial charge in [-0.1, -0.05) is 0 Å². The van der Waals surface area contributed by atoms with Gasteiger partial charge in [0.15, 0.2) is 6.29 Å². The Morgan fingerprint density at radius 2 is 2.06 bits per heavy atom. The van der Waals surface area contributed by atoms with Gasteiger partial charge in [-0.2, -0.15) is 0 Å². The highest BCUT2D eigenvalue weighted by Crippen LogP contribution is 2.08. The summed E-state index contributed by atoms with van der Waals surface area (Å²) in [4.78, 5) is 29.2. The molecule has 0 atom stereocenters. The molecule has 1 aromatic rings. The molecule has 0 radical (unpaired) electrons. The molecule has 1 aromatic heterocycles. The summed E-state index contributed by atoms with van der Waals surface area (Å²) in [6.07, 6.45) is 2.22. The first kappa shape index (κ1) is 12.2. The molecule has 16 heavy (non-hydrogen) atoms. The molecule has 0 aliphatic rings. The zero-order chi connectivity index (χ0) is 12.1. The third-order valence-corrected chi connectivity index (χ3v) is 2.17. The molecule has 0 aliphatic heterocycles. The third kappa shape index (κ3) is 3.05. The summed E-state index contributed by atoms with van der Waals surface area (Å²) < 4.78 is 0. The highest BCUT2D eigenvalue weighted by molar-refractivity contribution is 5.80. The van der Waals surface area contributed by atoms with Crippen molar-refractivity contribution in [2.75, 3.05) is 32.6 Å². The minimum atomic E-state index is 0.00349. The van der Waals surface area contributed by atoms with Crippen molar-refractivity contribution in [1.29, 1.82) is 0 Å². The molecule has 5 nitrogen and oxygen atoms in total. The van der Waals surface area contributed by atoms with Crippen molar-refractivity contribution in [3.8, 4) is 0 Å². The zero-order valence-corrected chi connectivity index (χ0v) is 9.67. The number of pyridine rings is 1. The summed E-state index contributed by atoms with van der Waals surface area (Å²) in [6.45, 7) is 0.264. The van der Waals surface area contributed by atoms with Crippen molar-refractivity contribution in [3.05, 3.63) is 23.9 Å². The molecule has 0 N–H and O–H groups in total. The highest BCUT2D eigenvalue weighted by Gasteiger charge is 2.09. The number of rotatable bonds is 4. The van der Waals surface area contributed by atoms with Gasteiger partial charge in [0, 0.05) is 32.9 Å². The van der Waals surface area contributed by atoms with Crippen molar-refractivity contribution < 1.29 is 9.59 Å². The van der Waals surface area contributed by atoms with Crippen LogP contribution in [0, 0.1) is 0 Å². The van der Waals surface area contributed by atoms with Gasteiger partial charge in [-0.3, -0.25) is 9.59 Å². The van der Waals surface area contributed by atoms with E-state index in [1.165, 1.54) is 11.1 Å². The van der Waals surface area contributed by atoms with Crippen LogP contribution < -0.4 is 4.90 Å². The van der Waals surface area contributed by atoms with Gasteiger partial charge >= 0.3 is 0 Å². The second kappa shape index (κ2) is 5.25. The lowest BCUT2D eigenvalue weighted by atomic mass is 10.3. The van der Waals surface area contributed by atoms with E-state index in [2.05, 4.69) is 4.98 Å². The number of nitrogens with zero attached hydrogens (tertiary/aromatic N) is 3. The van der Waals surface area contributed by atoms with Gasteiger partial charge in [0.1, 0.15) is 5.82 Å². The molecule has 0 bridgehead atoms. The van der Waals surface area contributed by atoms with Crippen LogP contribution in [0.2, 0.25) is 0 Å². The predicted molar refractivity (Wildman–Crippen MR) is 61.6 cm³/mol. The van der Waals surface area contributed by atoms with Crippen molar-refractivity contribution in [2.45, 2.75) is 0 Å². The van der Waals surface area contributed by atoms with Gasteiger partial charge in [0.2, 0.25) is 5.91 Å². The quantitative estimate of drug-likeness (QED) is 0.691. The molecule has 0 saturated heterocycles. The number of carbonyl (C=O) groups is 2. The average Bonchev–Trinajstić information content (AvgIpc) is 2.28. The number of hydrogen-bond donors (Lipinski definition) is 0. The Balaban J connectivity index is 2.69. The number of amides is 1. The second-order valence-electron chi connectivity index (χ2n) is 3.71. The zero-order valence-electron chi connectivity index (χ0n) is 9.67. The highest BCUT2D eigenvalue weighted by atomic mass is 16.2. The van der Waals surface area contributed by atoms with Crippen molar-refractivity contribution in [3.63, 3.8) is 0 Å². The summed E-state index contributed by atoms with van der Waals surface area (Å²) in [5.74, 6) is 0.671. The molecule has 1 amide bonds. The molecule has 0 unspecified atom stereocenters. The van der Waals surface area contributed by atoms with Crippen molar-refractivity contribution in [2.24, 2.45) is 0 Å². The van der Waals surface area contributed by atoms with Gasteiger partial charge < -0.3 is 9.80 Å². The lowest BCUT2D eigenvalue weighted by Gasteiger charge is -2.19. The molecule has 0 aliphatic carbocycles. The fourth-order valence-electron chi connectivity index (χ4n) is 1.12. The normalized spacial score (nSPS) is 9.69. The fraction of sp³-hybridized carbons (Fsp3) is 0.364. The number of aldehydes is 1. The molecule has 5 heteroatoms. The minimum absolute atomic E-state index is 0.00349. The third-order valence-electron chi connectivity index (χ3n) is 2.17. The number of hydrogen-bond acceptors (Lipinski definition) is 4. The van der Waals surface area contributed by atoms with E-state index in [0.717, 1.165) is 6.29 Å². The average molecular weight is 221 g/mol. The molecular weight excluding hydrogens is 206 g/mol. The van der Waals surface area contributed by atoms with Crippen LogP contribution in [0.1, 0.15) is 10.4 Å². The van der Waals surface area contributed by atoms with Crippen LogP contribution in [-0.4, -0.2) is 49.8 Å². The van der Waals surface area contributed by atoms with Crippen LogP contribution in [0.3, 0.4) is 0 Å². The Morgan fingerprint density at radius 3 is 2.50 bits per heavy atom. The van der Waals surface area contributed by atoms with E-state index in [0.29, 0.717) is 11.4 Å². The maximum Gasteiger partial charge on any atom is 0.241 e. The molecular formula is C11H15N3O2. The summed E-state index contributed by atoms with van der Waals surface area (Å²) in [6, 6.07) is 3.39. The largest absolute Gasteiger partial charge is 0.350 e. The van der Waals surface area contributed by atoms with Crippen LogP contribution in [0.25, 0.3) is 0 Å². The Bertz CT molecular complexity index is 373. The fourth-order valence-corrected chi connectivity index (χ4v) is 1.12. The van der Waals surface area contributed by atoms with Gasteiger partial charge in [-0.25, -0.2) is 4.98 Å². The molecule has 1 heterocycles. The van der Waals surface area contributed by atoms with Crippen LogP contribution >= 0.6 is 0 Å². The molecule has 86 valence electrons. The lowest BCUT2D eigenvalue weighted by molar-refractivity contribution is -0.127. The summed E-state index contributed by atoms with van der Waals surface area (Å²) >= 11 is 0. The Kier molecular flexibility index (Phi) is 3.99. The molecule has 0 saturated carbocycles. The van der Waals surface area contributed by atoms with Crippen LogP contribution in [0.5, 0.6) is 0 Å². The Morgan fingerprint density at radius 1 is 1.38 bits per heavy atom. The standard InChI is InChI=1S/C11H15N3O2/c1-13(2)11(16)7-14(3)10-5-4-9(8-15)6-12-10/h4-6,8H,7H2,1-3H3. The number of likely N-dealkylation sites (N-methyl/N-ethyl adjacent to an activating group) is 2. The smallest absolute Gasteiger partial charge is 0.241 e. The van der Waals surface area contributed by atoms with E-state index in [1.807, 2.05) is 0 Å². The molecule has 0 fully saturated rings. The molecule has 1 rings (SSSR count). The van der Waals surface area contributed by atoms with Gasteiger partial charge in [-0.15, -0.1) is 0 Å². The van der Waals surface area contributed by atoms with E-state index < -0.39 is 0 Å².